The van der Waals surface area contributed by atoms with Gasteiger partial charge >= 0.3 is 12.0 Å². The second-order valence-electron chi connectivity index (χ2n) is 7.28. The molecule has 1 aromatic rings. The van der Waals surface area contributed by atoms with E-state index in [1.165, 1.54) is 24.9 Å². The van der Waals surface area contributed by atoms with Gasteiger partial charge in [-0.1, -0.05) is 29.3 Å². The molecule has 0 spiro atoms. The molecule has 12 heteroatoms. The average molecular weight is 517 g/mol. The molecule has 9 nitrogen and oxygen atoms in total. The number of rotatable bonds is 8. The Balaban J connectivity index is 1.89. The van der Waals surface area contributed by atoms with E-state index in [1.54, 1.807) is 17.0 Å². The van der Waals surface area contributed by atoms with E-state index in [0.29, 0.717) is 41.5 Å². The van der Waals surface area contributed by atoms with Crippen LogP contribution in [0, 0.1) is 5.92 Å². The Kier molecular flexibility index (Phi) is 10.3. The highest BCUT2D eigenvalue weighted by Crippen LogP contribution is 2.35. The van der Waals surface area contributed by atoms with E-state index >= 15 is 0 Å². The lowest BCUT2D eigenvalue weighted by Crippen LogP contribution is -2.52. The zero-order valence-electron chi connectivity index (χ0n) is 18.2. The number of likely N-dealkylation sites (tertiary alicyclic amines) is 1. The summed E-state index contributed by atoms with van der Waals surface area (Å²) in [6.45, 7) is 0.470. The van der Waals surface area contributed by atoms with Gasteiger partial charge in [-0.3, -0.25) is 9.59 Å². The molecule has 4 amide bonds. The van der Waals surface area contributed by atoms with E-state index in [9.17, 15) is 24.3 Å². The van der Waals surface area contributed by atoms with E-state index in [0.717, 1.165) is 4.90 Å². The molecule has 1 saturated heterocycles. The van der Waals surface area contributed by atoms with Gasteiger partial charge in [-0.2, -0.15) is 0 Å². The topological polar surface area (TPSA) is 128 Å². The maximum atomic E-state index is 12.5. The SMILES string of the molecule is CNC(=O)NC[C@H](NC(=O)C1CCN(C(=O)C=Cc2ccc(SC)c(Cl)c2Cl)CC1)C(=O)O. The van der Waals surface area contributed by atoms with E-state index in [-0.39, 0.29) is 12.5 Å². The minimum Gasteiger partial charge on any atom is -0.480 e. The number of carboxylic acid groups (broad SMARTS) is 1. The number of halogens is 2. The number of amides is 4. The summed E-state index contributed by atoms with van der Waals surface area (Å²) in [6, 6.07) is 1.84. The van der Waals surface area contributed by atoms with Crippen molar-refractivity contribution in [2.75, 3.05) is 32.9 Å². The van der Waals surface area contributed by atoms with Crippen LogP contribution in [0.3, 0.4) is 0 Å². The quantitative estimate of drug-likeness (QED) is 0.310. The third kappa shape index (κ3) is 7.55. The van der Waals surface area contributed by atoms with Gasteiger partial charge in [0, 0.05) is 37.0 Å². The van der Waals surface area contributed by atoms with Gasteiger partial charge in [-0.15, -0.1) is 11.8 Å². The Labute approximate surface area is 206 Å². The summed E-state index contributed by atoms with van der Waals surface area (Å²) in [4.78, 5) is 50.1. The molecule has 1 aliphatic rings. The molecule has 1 aliphatic heterocycles. The van der Waals surface area contributed by atoms with Crippen molar-refractivity contribution < 1.29 is 24.3 Å². The van der Waals surface area contributed by atoms with Gasteiger partial charge in [0.2, 0.25) is 11.8 Å². The standard InChI is InChI=1S/C21H26Cl2N4O5S/c1-24-21(32)25-11-14(20(30)31)26-19(29)13-7-9-27(10-8-13)16(28)6-4-12-3-5-15(33-2)18(23)17(12)22/h3-6,13-14H,7-11H2,1-2H3,(H,26,29)(H,30,31)(H2,24,25,32)/t14-/m0/s1. The smallest absolute Gasteiger partial charge is 0.328 e. The van der Waals surface area contributed by atoms with Crippen LogP contribution in [-0.2, 0) is 14.4 Å². The van der Waals surface area contributed by atoms with Crippen molar-refractivity contribution in [3.63, 3.8) is 0 Å². The molecule has 0 aromatic heterocycles. The molecule has 0 radical (unpaired) electrons. The molecule has 180 valence electrons. The molecular formula is C21H26Cl2N4O5S. The van der Waals surface area contributed by atoms with Crippen molar-refractivity contribution in [2.45, 2.75) is 23.8 Å². The lowest BCUT2D eigenvalue weighted by molar-refractivity contribution is -0.142. The van der Waals surface area contributed by atoms with Crippen molar-refractivity contribution in [1.82, 2.24) is 20.9 Å². The summed E-state index contributed by atoms with van der Waals surface area (Å²) < 4.78 is 0. The van der Waals surface area contributed by atoms with Crippen LogP contribution < -0.4 is 16.0 Å². The molecule has 0 aliphatic carbocycles. The Morgan fingerprint density at radius 1 is 1.21 bits per heavy atom. The molecule has 1 heterocycles. The number of hydrogen-bond acceptors (Lipinski definition) is 5. The number of aliphatic carboxylic acids is 1. The van der Waals surface area contributed by atoms with Crippen LogP contribution in [-0.4, -0.2) is 72.8 Å². The second-order valence-corrected chi connectivity index (χ2v) is 8.88. The summed E-state index contributed by atoms with van der Waals surface area (Å²) >= 11 is 14.0. The number of carboxylic acids is 1. The van der Waals surface area contributed by atoms with Crippen molar-refractivity contribution in [1.29, 1.82) is 0 Å². The number of nitrogens with one attached hydrogen (secondary N) is 3. The Morgan fingerprint density at radius 3 is 2.45 bits per heavy atom. The van der Waals surface area contributed by atoms with Gasteiger partial charge in [0.15, 0.2) is 0 Å². The lowest BCUT2D eigenvalue weighted by atomic mass is 9.95. The fraction of sp³-hybridized carbons (Fsp3) is 0.429. The Bertz CT molecular complexity index is 935. The Morgan fingerprint density at radius 2 is 1.88 bits per heavy atom. The normalized spacial score (nSPS) is 15.2. The summed E-state index contributed by atoms with van der Waals surface area (Å²) in [5.41, 5.74) is 0.632. The minimum absolute atomic E-state index is 0.215. The number of carbonyl (C=O) groups is 4. The van der Waals surface area contributed by atoms with Crippen LogP contribution in [0.4, 0.5) is 4.79 Å². The average Bonchev–Trinajstić information content (AvgIpc) is 2.81. The summed E-state index contributed by atoms with van der Waals surface area (Å²) in [7, 11) is 1.40. The zero-order chi connectivity index (χ0) is 24.5. The number of carbonyl (C=O) groups excluding carboxylic acids is 3. The van der Waals surface area contributed by atoms with Gasteiger partial charge in [0.1, 0.15) is 6.04 Å². The van der Waals surface area contributed by atoms with Crippen molar-refractivity contribution in [3.05, 3.63) is 33.8 Å². The molecule has 4 N–H and O–H groups in total. The lowest BCUT2D eigenvalue weighted by Gasteiger charge is -2.31. The second kappa shape index (κ2) is 12.7. The third-order valence-electron chi connectivity index (χ3n) is 5.19. The van der Waals surface area contributed by atoms with Crippen molar-refractivity contribution >= 4 is 64.9 Å². The molecule has 33 heavy (non-hydrogen) atoms. The zero-order valence-corrected chi connectivity index (χ0v) is 20.5. The molecule has 0 saturated carbocycles. The first-order chi connectivity index (χ1) is 15.7. The first kappa shape index (κ1) is 26.8. The molecule has 1 atom stereocenters. The van der Waals surface area contributed by atoms with Crippen LogP contribution in [0.2, 0.25) is 10.0 Å². The minimum atomic E-state index is -1.25. The number of piperidine rings is 1. The van der Waals surface area contributed by atoms with Gasteiger partial charge < -0.3 is 26.0 Å². The number of thioether (sulfide) groups is 1. The molecule has 0 bridgehead atoms. The van der Waals surface area contributed by atoms with Gasteiger partial charge in [-0.25, -0.2) is 9.59 Å². The van der Waals surface area contributed by atoms with Crippen LogP contribution >= 0.6 is 35.0 Å². The van der Waals surface area contributed by atoms with Crippen LogP contribution in [0.5, 0.6) is 0 Å². The fourth-order valence-corrected chi connectivity index (χ4v) is 4.41. The summed E-state index contributed by atoms with van der Waals surface area (Å²) in [5.74, 6) is -2.30. The van der Waals surface area contributed by atoms with Crippen LogP contribution in [0.25, 0.3) is 6.08 Å². The van der Waals surface area contributed by atoms with Crippen LogP contribution in [0.15, 0.2) is 23.1 Å². The van der Waals surface area contributed by atoms with E-state index in [2.05, 4.69) is 16.0 Å². The van der Waals surface area contributed by atoms with Crippen molar-refractivity contribution in [2.24, 2.45) is 5.92 Å². The van der Waals surface area contributed by atoms with Gasteiger partial charge in [0.05, 0.1) is 16.6 Å². The predicted octanol–water partition coefficient (Wildman–Crippen LogP) is 2.47. The monoisotopic (exact) mass is 516 g/mol. The van der Waals surface area contributed by atoms with E-state index in [4.69, 9.17) is 23.2 Å². The summed E-state index contributed by atoms with van der Waals surface area (Å²) in [5, 5.41) is 17.2. The molecule has 2 rings (SSSR count). The predicted molar refractivity (Wildman–Crippen MR) is 129 cm³/mol. The highest BCUT2D eigenvalue weighted by molar-refractivity contribution is 7.98. The van der Waals surface area contributed by atoms with Gasteiger partial charge in [0.25, 0.3) is 0 Å². The first-order valence-corrected chi connectivity index (χ1v) is 12.1. The third-order valence-corrected chi connectivity index (χ3v) is 6.98. The summed E-state index contributed by atoms with van der Waals surface area (Å²) in [6.07, 6.45) is 5.72. The van der Waals surface area contributed by atoms with E-state index < -0.39 is 29.9 Å². The number of urea groups is 1. The van der Waals surface area contributed by atoms with Crippen LogP contribution in [0.1, 0.15) is 18.4 Å². The maximum Gasteiger partial charge on any atom is 0.328 e. The van der Waals surface area contributed by atoms with Crippen molar-refractivity contribution in [3.8, 4) is 0 Å². The molecule has 1 aromatic carbocycles. The number of benzene rings is 1. The Hall–Kier alpha value is -2.43. The maximum absolute atomic E-state index is 12.5. The molecular weight excluding hydrogens is 491 g/mol. The molecule has 0 unspecified atom stereocenters. The number of nitrogens with zero attached hydrogens (tertiary/aromatic N) is 1. The van der Waals surface area contributed by atoms with E-state index in [1.807, 2.05) is 12.3 Å². The highest BCUT2D eigenvalue weighted by Gasteiger charge is 2.29. The highest BCUT2D eigenvalue weighted by atomic mass is 35.5. The van der Waals surface area contributed by atoms with Gasteiger partial charge in [-0.05, 0) is 36.8 Å². The molecule has 1 fully saturated rings. The number of hydrogen-bond donors (Lipinski definition) is 4. The first-order valence-electron chi connectivity index (χ1n) is 10.2. The largest absolute Gasteiger partial charge is 0.480 e. The fourth-order valence-electron chi connectivity index (χ4n) is 3.23.